The average Bonchev–Trinajstić information content (AvgIpc) is 3.09. The van der Waals surface area contributed by atoms with Gasteiger partial charge in [-0.1, -0.05) is 92.4 Å². The van der Waals surface area contributed by atoms with E-state index in [0.29, 0.717) is 59.0 Å². The number of hydrogen-bond acceptors (Lipinski definition) is 4. The van der Waals surface area contributed by atoms with Crippen LogP contribution in [0.2, 0.25) is 0 Å². The second-order valence-corrected chi connectivity index (χ2v) is 12.1. The van der Waals surface area contributed by atoms with Crippen molar-refractivity contribution < 1.29 is 19.2 Å². The quantitative estimate of drug-likeness (QED) is 0.108. The summed E-state index contributed by atoms with van der Waals surface area (Å²) in [6, 6.07) is 34.7. The maximum absolute atomic E-state index is 13.8. The number of amides is 4. The maximum Gasteiger partial charge on any atom is 0.261 e. The molecule has 4 amide bonds. The summed E-state index contributed by atoms with van der Waals surface area (Å²) in [5.41, 5.74) is 4.17. The van der Waals surface area contributed by atoms with Crippen LogP contribution in [0.25, 0.3) is 43.1 Å². The molecule has 0 saturated heterocycles. The van der Waals surface area contributed by atoms with E-state index in [1.165, 1.54) is 9.80 Å². The van der Waals surface area contributed by atoms with Crippen molar-refractivity contribution in [2.75, 3.05) is 13.1 Å². The van der Waals surface area contributed by atoms with Crippen molar-refractivity contribution in [1.82, 2.24) is 9.80 Å². The number of rotatable bonds is 6. The van der Waals surface area contributed by atoms with Crippen LogP contribution in [0.1, 0.15) is 60.0 Å². The van der Waals surface area contributed by atoms with E-state index in [9.17, 15) is 19.2 Å². The molecule has 0 aromatic heterocycles. The minimum Gasteiger partial charge on any atom is -0.274 e. The number of carbonyl (C=O) groups is 4. The fourth-order valence-corrected chi connectivity index (χ4v) is 7.55. The third-order valence-corrected chi connectivity index (χ3v) is 9.74. The zero-order valence-corrected chi connectivity index (χ0v) is 24.7. The smallest absolute Gasteiger partial charge is 0.261 e. The van der Waals surface area contributed by atoms with Gasteiger partial charge in [0, 0.05) is 46.1 Å². The van der Waals surface area contributed by atoms with E-state index >= 15 is 0 Å². The van der Waals surface area contributed by atoms with Crippen molar-refractivity contribution in [2.24, 2.45) is 0 Å². The molecule has 2 aliphatic rings. The first-order chi connectivity index (χ1) is 22.5. The number of benzene rings is 7. The van der Waals surface area contributed by atoms with Gasteiger partial charge in [-0.15, -0.1) is 0 Å². The Bertz CT molecular complexity index is 2160. The molecule has 0 atom stereocenters. The Morgan fingerprint density at radius 1 is 0.362 bits per heavy atom. The molecule has 9 rings (SSSR count). The lowest BCUT2D eigenvalue weighted by Gasteiger charge is -2.30. The van der Waals surface area contributed by atoms with E-state index in [1.807, 2.05) is 109 Å². The second-order valence-electron chi connectivity index (χ2n) is 12.1. The SMILES string of the molecule is C.O=C1c2ccc3c4ccc5c6c(ccc(c7ccc(c2c37)C(=O)N1CCc1ccccc1)c64)C(=O)N(CCc1ccccc1)C5=O. The molecule has 0 spiro atoms. The molecule has 0 saturated carbocycles. The molecule has 0 fully saturated rings. The van der Waals surface area contributed by atoms with Gasteiger partial charge < -0.3 is 0 Å². The van der Waals surface area contributed by atoms with Crippen LogP contribution in [0.5, 0.6) is 0 Å². The minimum atomic E-state index is -0.292. The Labute approximate surface area is 271 Å². The lowest BCUT2D eigenvalue weighted by atomic mass is 9.82. The molecule has 2 heterocycles. The lowest BCUT2D eigenvalue weighted by molar-refractivity contribution is 0.0597. The molecule has 0 N–H and O–H groups in total. The molecule has 2 aliphatic heterocycles. The van der Waals surface area contributed by atoms with Crippen molar-refractivity contribution in [3.8, 4) is 0 Å². The van der Waals surface area contributed by atoms with E-state index in [1.54, 1.807) is 0 Å². The Morgan fingerprint density at radius 2 is 0.660 bits per heavy atom. The topological polar surface area (TPSA) is 74.8 Å². The maximum atomic E-state index is 13.8. The van der Waals surface area contributed by atoms with Crippen molar-refractivity contribution in [1.29, 1.82) is 0 Å². The molecule has 0 unspecified atom stereocenters. The highest BCUT2D eigenvalue weighted by molar-refractivity contribution is 6.41. The first-order valence-corrected chi connectivity index (χ1v) is 15.5. The van der Waals surface area contributed by atoms with Gasteiger partial charge in [-0.25, -0.2) is 0 Å². The Kier molecular flexibility index (Phi) is 6.44. The summed E-state index contributed by atoms with van der Waals surface area (Å²) < 4.78 is 0. The van der Waals surface area contributed by atoms with E-state index in [-0.39, 0.29) is 31.1 Å². The molecular formula is C41H30N2O4. The van der Waals surface area contributed by atoms with Crippen LogP contribution in [-0.2, 0) is 12.8 Å². The number of hydrogen-bond donors (Lipinski definition) is 0. The lowest BCUT2D eigenvalue weighted by Crippen LogP contribution is -2.41. The normalized spacial score (nSPS) is 14.2. The summed E-state index contributed by atoms with van der Waals surface area (Å²) in [5, 5.41) is 6.58. The first-order valence-electron chi connectivity index (χ1n) is 15.5. The molecule has 0 aliphatic carbocycles. The van der Waals surface area contributed by atoms with Crippen LogP contribution in [0.4, 0.5) is 0 Å². The molecular weight excluding hydrogens is 584 g/mol. The summed E-state index contributed by atoms with van der Waals surface area (Å²) in [6.07, 6.45) is 1.16. The van der Waals surface area contributed by atoms with Gasteiger partial charge in [-0.2, -0.15) is 0 Å². The van der Waals surface area contributed by atoms with E-state index in [2.05, 4.69) is 0 Å². The number of carbonyl (C=O) groups excluding carboxylic acids is 4. The fraction of sp³-hybridized carbons (Fsp3) is 0.122. The third kappa shape index (κ3) is 4.04. The predicted molar refractivity (Wildman–Crippen MR) is 185 cm³/mol. The summed E-state index contributed by atoms with van der Waals surface area (Å²) >= 11 is 0. The summed E-state index contributed by atoms with van der Waals surface area (Å²) in [7, 11) is 0. The van der Waals surface area contributed by atoms with Gasteiger partial charge >= 0.3 is 0 Å². The van der Waals surface area contributed by atoms with Gasteiger partial charge in [0.25, 0.3) is 23.6 Å². The Balaban J connectivity index is 0.00000324. The van der Waals surface area contributed by atoms with Crippen LogP contribution < -0.4 is 0 Å². The van der Waals surface area contributed by atoms with Gasteiger partial charge in [-0.05, 0) is 80.6 Å². The standard InChI is InChI=1S/C40H26N2O4.CH4/c43-37-29-15-11-25-27-13-17-31-36-32(40(46)42(39(31)45)22-20-24-9-5-2-6-10-24)18-14-28(34(27)36)26-12-16-30(35(29)33(25)26)38(44)41(37)21-19-23-7-3-1-4-8-23;/h1-18H,19-22H2;1H4. The van der Waals surface area contributed by atoms with Crippen molar-refractivity contribution in [3.63, 3.8) is 0 Å². The van der Waals surface area contributed by atoms with Crippen LogP contribution >= 0.6 is 0 Å². The molecule has 47 heavy (non-hydrogen) atoms. The second kappa shape index (κ2) is 10.6. The van der Waals surface area contributed by atoms with E-state index in [4.69, 9.17) is 0 Å². The number of imide groups is 2. The molecule has 6 nitrogen and oxygen atoms in total. The van der Waals surface area contributed by atoms with Gasteiger partial charge in [0.1, 0.15) is 0 Å². The Morgan fingerprint density at radius 3 is 0.957 bits per heavy atom. The van der Waals surface area contributed by atoms with Gasteiger partial charge in [0.15, 0.2) is 0 Å². The predicted octanol–water partition coefficient (Wildman–Crippen LogP) is 8.05. The van der Waals surface area contributed by atoms with Gasteiger partial charge in [0.2, 0.25) is 0 Å². The average molecular weight is 615 g/mol. The summed E-state index contributed by atoms with van der Waals surface area (Å²) in [6.45, 7) is 0.592. The molecule has 6 heteroatoms. The van der Waals surface area contributed by atoms with E-state index < -0.39 is 0 Å². The summed E-state index contributed by atoms with van der Waals surface area (Å²) in [5.74, 6) is -1.17. The molecule has 7 aromatic rings. The van der Waals surface area contributed by atoms with Crippen LogP contribution in [0.3, 0.4) is 0 Å². The van der Waals surface area contributed by atoms with Crippen molar-refractivity contribution in [2.45, 2.75) is 20.3 Å². The molecule has 228 valence electrons. The molecule has 7 aromatic carbocycles. The van der Waals surface area contributed by atoms with E-state index in [0.717, 1.165) is 43.4 Å². The highest BCUT2D eigenvalue weighted by atomic mass is 16.2. The summed E-state index contributed by atoms with van der Waals surface area (Å²) in [4.78, 5) is 57.9. The van der Waals surface area contributed by atoms with Crippen LogP contribution in [0, 0.1) is 0 Å². The fourth-order valence-electron chi connectivity index (χ4n) is 7.55. The zero-order valence-electron chi connectivity index (χ0n) is 24.7. The number of fused-ring (bicyclic) bond motifs is 2. The molecule has 0 radical (unpaired) electrons. The first kappa shape index (κ1) is 28.6. The Hall–Kier alpha value is -5.88. The van der Waals surface area contributed by atoms with Crippen LogP contribution in [0.15, 0.2) is 109 Å². The molecule has 0 bridgehead atoms. The van der Waals surface area contributed by atoms with Crippen molar-refractivity contribution >= 4 is 66.7 Å². The highest BCUT2D eigenvalue weighted by Gasteiger charge is 2.36. The highest BCUT2D eigenvalue weighted by Crippen LogP contribution is 2.46. The third-order valence-electron chi connectivity index (χ3n) is 9.74. The minimum absolute atomic E-state index is 0. The largest absolute Gasteiger partial charge is 0.274 e. The van der Waals surface area contributed by atoms with Gasteiger partial charge in [0.05, 0.1) is 0 Å². The zero-order chi connectivity index (χ0) is 31.1. The van der Waals surface area contributed by atoms with Crippen molar-refractivity contribution in [3.05, 3.63) is 143 Å². The monoisotopic (exact) mass is 614 g/mol. The number of nitrogens with zero attached hydrogens (tertiary/aromatic N) is 2. The van der Waals surface area contributed by atoms with Crippen LogP contribution in [-0.4, -0.2) is 46.5 Å². The van der Waals surface area contributed by atoms with Gasteiger partial charge in [-0.3, -0.25) is 29.0 Å².